The molecule has 382 valence electrons. The molecule has 8 aliphatic rings. The summed E-state index contributed by atoms with van der Waals surface area (Å²) in [5.74, 6) is -1.84. The standard InChI is InChI=1S/C48H77NO18/c1-21(50)49-30-34(56)33(55)26(20-64-41-36(32(54)25(52)19-63-41)67-40-35(57)31(53)24(51)18-62-40)65-39(30)66-29-12-13-45(6)27(44(29,4)5)11-14-46(7)28(45)10-9-22-23-17-43(2,3)15-16-48(23,42(60)61)38(59)37(58)47(22,46)8/h9,23-41,51-59H,10-20H2,1-8H3,(H,49,50)(H,60,61)/t23-,24-,25-,26-,27-,28+,29-,30-,31+,32+,33-,34-,35-,36-,37-,38+,39+,40+,41+,45-,46+,47-,48+/m0/s1. The molecular formula is C48H77NO18. The van der Waals surface area contributed by atoms with Crippen molar-refractivity contribution in [2.45, 2.75) is 205 Å². The Morgan fingerprint density at radius 1 is 0.731 bits per heavy atom. The van der Waals surface area contributed by atoms with Crippen molar-refractivity contribution >= 4 is 11.9 Å². The number of nitrogens with one attached hydrogen (secondary N) is 1. The van der Waals surface area contributed by atoms with E-state index in [2.05, 4.69) is 59.9 Å². The predicted octanol–water partition coefficient (Wildman–Crippen LogP) is 0.0698. The van der Waals surface area contributed by atoms with Crippen LogP contribution < -0.4 is 5.32 Å². The van der Waals surface area contributed by atoms with E-state index in [1.807, 2.05) is 0 Å². The molecule has 19 nitrogen and oxygen atoms in total. The highest BCUT2D eigenvalue weighted by atomic mass is 16.8. The molecule has 4 saturated carbocycles. The number of amides is 1. The van der Waals surface area contributed by atoms with E-state index in [0.717, 1.165) is 12.0 Å². The van der Waals surface area contributed by atoms with Crippen LogP contribution >= 0.6 is 0 Å². The molecule has 0 aromatic carbocycles. The van der Waals surface area contributed by atoms with Crippen molar-refractivity contribution in [3.63, 3.8) is 0 Å². The Hall–Kier alpha value is -1.92. The van der Waals surface area contributed by atoms with Gasteiger partial charge in [-0.1, -0.05) is 60.1 Å². The molecule has 0 aromatic heterocycles. The summed E-state index contributed by atoms with van der Waals surface area (Å²) in [6, 6.07) is -1.20. The van der Waals surface area contributed by atoms with Gasteiger partial charge < -0.3 is 84.8 Å². The normalized spacial score (nSPS) is 52.6. The zero-order valence-corrected chi connectivity index (χ0v) is 40.1. The molecule has 1 amide bonds. The summed E-state index contributed by atoms with van der Waals surface area (Å²) >= 11 is 0. The molecule has 3 saturated heterocycles. The minimum absolute atomic E-state index is 0.0547. The number of carboxylic acids is 1. The van der Waals surface area contributed by atoms with Crippen molar-refractivity contribution < 1.29 is 89.1 Å². The van der Waals surface area contributed by atoms with Gasteiger partial charge in [-0.3, -0.25) is 9.59 Å². The van der Waals surface area contributed by atoms with Gasteiger partial charge in [-0.25, -0.2) is 0 Å². The molecule has 7 fully saturated rings. The zero-order valence-electron chi connectivity index (χ0n) is 40.1. The van der Waals surface area contributed by atoms with Crippen molar-refractivity contribution in [1.29, 1.82) is 0 Å². The number of hydrogen-bond acceptors (Lipinski definition) is 17. The Labute approximate surface area is 392 Å². The fourth-order valence-corrected chi connectivity index (χ4v) is 15.0. The van der Waals surface area contributed by atoms with E-state index < -0.39 is 151 Å². The maximum atomic E-state index is 13.2. The summed E-state index contributed by atoms with van der Waals surface area (Å²) in [5.41, 5.74) is -2.84. The number of allylic oxidation sites excluding steroid dienone is 1. The quantitative estimate of drug-likeness (QED) is 0.108. The summed E-state index contributed by atoms with van der Waals surface area (Å²) < 4.78 is 36.0. The molecule has 0 unspecified atom stereocenters. The van der Waals surface area contributed by atoms with Gasteiger partial charge in [-0.2, -0.15) is 0 Å². The molecule has 23 atom stereocenters. The van der Waals surface area contributed by atoms with E-state index in [-0.39, 0.29) is 29.3 Å². The van der Waals surface area contributed by atoms with Crippen molar-refractivity contribution in [1.82, 2.24) is 5.32 Å². The highest BCUT2D eigenvalue weighted by Gasteiger charge is 2.74. The average Bonchev–Trinajstić information content (AvgIpc) is 3.25. The second-order valence-electron chi connectivity index (χ2n) is 23.5. The third-order valence-electron chi connectivity index (χ3n) is 19.1. The Kier molecular flexibility index (Phi) is 13.8. The van der Waals surface area contributed by atoms with Crippen molar-refractivity contribution in [2.24, 2.45) is 50.2 Å². The molecule has 3 aliphatic heterocycles. The van der Waals surface area contributed by atoms with Gasteiger partial charge in [0.25, 0.3) is 0 Å². The van der Waals surface area contributed by atoms with Gasteiger partial charge in [0.2, 0.25) is 5.91 Å². The smallest absolute Gasteiger partial charge is 0.313 e. The van der Waals surface area contributed by atoms with Gasteiger partial charge in [0.1, 0.15) is 66.4 Å². The second-order valence-corrected chi connectivity index (χ2v) is 23.5. The van der Waals surface area contributed by atoms with Gasteiger partial charge >= 0.3 is 5.97 Å². The van der Waals surface area contributed by atoms with Crippen molar-refractivity contribution in [3.8, 4) is 0 Å². The minimum Gasteiger partial charge on any atom is -0.481 e. The summed E-state index contributed by atoms with van der Waals surface area (Å²) in [6.45, 7) is 15.3. The number of ether oxygens (including phenoxy) is 6. The zero-order chi connectivity index (χ0) is 49.1. The molecule has 67 heavy (non-hydrogen) atoms. The van der Waals surface area contributed by atoms with E-state index in [1.54, 1.807) is 0 Å². The van der Waals surface area contributed by atoms with Gasteiger partial charge in [-0.05, 0) is 90.8 Å². The van der Waals surface area contributed by atoms with Crippen LogP contribution in [0.15, 0.2) is 11.6 Å². The summed E-state index contributed by atoms with van der Waals surface area (Å²) in [7, 11) is 0. The van der Waals surface area contributed by atoms with Crippen LogP contribution in [0.3, 0.4) is 0 Å². The summed E-state index contributed by atoms with van der Waals surface area (Å²) in [5, 5.41) is 113. The fourth-order valence-electron chi connectivity index (χ4n) is 15.0. The fraction of sp³-hybridized carbons (Fsp3) is 0.917. The van der Waals surface area contributed by atoms with Crippen LogP contribution in [0.25, 0.3) is 0 Å². The highest BCUT2D eigenvalue weighted by Crippen LogP contribution is 2.76. The molecule has 0 spiro atoms. The topological polar surface area (TPSA) is 304 Å². The van der Waals surface area contributed by atoms with Crippen LogP contribution in [-0.2, 0) is 38.0 Å². The third-order valence-corrected chi connectivity index (χ3v) is 19.1. The Morgan fingerprint density at radius 2 is 1.39 bits per heavy atom. The lowest BCUT2D eigenvalue weighted by atomic mass is 9.32. The molecule has 3 heterocycles. The number of fused-ring (bicyclic) bond motifs is 7. The number of aliphatic hydroxyl groups is 9. The monoisotopic (exact) mass is 956 g/mol. The predicted molar refractivity (Wildman–Crippen MR) is 233 cm³/mol. The van der Waals surface area contributed by atoms with Crippen molar-refractivity contribution in [3.05, 3.63) is 11.6 Å². The van der Waals surface area contributed by atoms with Crippen LogP contribution in [-0.4, -0.2) is 181 Å². The first-order valence-corrected chi connectivity index (χ1v) is 24.3. The van der Waals surface area contributed by atoms with Crippen LogP contribution in [0.4, 0.5) is 0 Å². The number of carboxylic acid groups (broad SMARTS) is 1. The SMILES string of the molecule is CC(=O)N[C@@H]1[C@@H](O[C@H]2CC[C@]3(C)[C@H]4CC=C5[C@@H]6CC(C)(C)CC[C@]6(C(=O)O)[C@H](O)[C@H](O)[C@@]5(C)[C@]4(C)CC[C@H]3C2(C)C)O[C@@H](CO[C@H]2OC[C@H](O)[C@@H](O)[C@@H]2O[C@H]2OC[C@H](O)[C@@H](O)[C@@H]2O)[C@H](O)[C@H]1O. The largest absolute Gasteiger partial charge is 0.481 e. The van der Waals surface area contributed by atoms with E-state index in [1.165, 1.54) is 6.92 Å². The lowest BCUT2D eigenvalue weighted by Gasteiger charge is -2.72. The van der Waals surface area contributed by atoms with Gasteiger partial charge in [0.15, 0.2) is 18.9 Å². The third kappa shape index (κ3) is 8.06. The maximum absolute atomic E-state index is 13.2. The maximum Gasteiger partial charge on any atom is 0.313 e. The molecule has 19 heteroatoms. The summed E-state index contributed by atoms with van der Waals surface area (Å²) in [6.07, 6.45) is -14.1. The molecule has 0 radical (unpaired) electrons. The average molecular weight is 956 g/mol. The van der Waals surface area contributed by atoms with Gasteiger partial charge in [0, 0.05) is 12.3 Å². The number of carbonyl (C=O) groups is 2. The Bertz CT molecular complexity index is 1880. The number of aliphatic carboxylic acids is 1. The first kappa shape index (κ1) is 51.4. The number of hydrogen-bond donors (Lipinski definition) is 11. The second kappa shape index (κ2) is 18.0. The first-order valence-electron chi connectivity index (χ1n) is 24.3. The molecule has 8 rings (SSSR count). The van der Waals surface area contributed by atoms with Crippen LogP contribution in [0, 0.1) is 50.2 Å². The molecule has 0 bridgehead atoms. The highest BCUT2D eigenvalue weighted by molar-refractivity contribution is 5.78. The van der Waals surface area contributed by atoms with Crippen molar-refractivity contribution in [2.75, 3.05) is 19.8 Å². The Balaban J connectivity index is 1.01. The number of aliphatic hydroxyl groups excluding tert-OH is 9. The number of carbonyl (C=O) groups excluding carboxylic acids is 1. The van der Waals surface area contributed by atoms with E-state index in [4.69, 9.17) is 28.4 Å². The van der Waals surface area contributed by atoms with Crippen LogP contribution in [0.1, 0.15) is 107 Å². The lowest BCUT2D eigenvalue weighted by molar-refractivity contribution is -0.352. The first-order chi connectivity index (χ1) is 31.2. The van der Waals surface area contributed by atoms with Crippen LogP contribution in [0.5, 0.6) is 0 Å². The number of rotatable bonds is 9. The van der Waals surface area contributed by atoms with Gasteiger partial charge in [0.05, 0.1) is 38.1 Å². The minimum atomic E-state index is -1.72. The summed E-state index contributed by atoms with van der Waals surface area (Å²) in [4.78, 5) is 25.8. The van der Waals surface area contributed by atoms with Gasteiger partial charge in [-0.15, -0.1) is 0 Å². The lowest BCUT2D eigenvalue weighted by Crippen LogP contribution is -2.72. The molecule has 0 aromatic rings. The van der Waals surface area contributed by atoms with E-state index in [9.17, 15) is 60.7 Å². The van der Waals surface area contributed by atoms with Crippen LogP contribution in [0.2, 0.25) is 0 Å². The van der Waals surface area contributed by atoms with E-state index >= 15 is 0 Å². The molecular weight excluding hydrogens is 879 g/mol. The molecule has 11 N–H and O–H groups in total. The Morgan fingerprint density at radius 3 is 2.04 bits per heavy atom. The van der Waals surface area contributed by atoms with E-state index in [0.29, 0.717) is 44.9 Å². The molecule has 5 aliphatic carbocycles.